The number of nitrogens with one attached hydrogen (secondary N) is 1. The van der Waals surface area contributed by atoms with Gasteiger partial charge in [-0.15, -0.1) is 10.2 Å². The van der Waals surface area contributed by atoms with Gasteiger partial charge in [-0.05, 0) is 28.5 Å². The lowest BCUT2D eigenvalue weighted by Gasteiger charge is -2.09. The molecule has 4 aromatic rings. The largest absolute Gasteiger partial charge is 0.348 e. The monoisotopic (exact) mass is 302 g/mol. The summed E-state index contributed by atoms with van der Waals surface area (Å²) in [5.41, 5.74) is 2.16. The van der Waals surface area contributed by atoms with Gasteiger partial charge < -0.3 is 5.32 Å². The molecule has 2 heterocycles. The fourth-order valence-electron chi connectivity index (χ4n) is 2.75. The second-order valence-electron chi connectivity index (χ2n) is 5.30. The highest BCUT2D eigenvalue weighted by atomic mass is 16.1. The van der Waals surface area contributed by atoms with Crippen LogP contribution in [0.2, 0.25) is 0 Å². The fraction of sp³-hybridized carbons (Fsp3) is 0.0556. The van der Waals surface area contributed by atoms with Gasteiger partial charge in [0, 0.05) is 12.7 Å². The van der Waals surface area contributed by atoms with Crippen LogP contribution in [0.4, 0.5) is 0 Å². The third kappa shape index (κ3) is 2.42. The van der Waals surface area contributed by atoms with Gasteiger partial charge in [-0.2, -0.15) is 0 Å². The second-order valence-corrected chi connectivity index (χ2v) is 5.30. The summed E-state index contributed by atoms with van der Waals surface area (Å²) in [6.45, 7) is 0.468. The summed E-state index contributed by atoms with van der Waals surface area (Å²) in [5.74, 6) is -0.156. The summed E-state index contributed by atoms with van der Waals surface area (Å²) in [4.78, 5) is 12.5. The highest BCUT2D eigenvalue weighted by Gasteiger charge is 2.12. The van der Waals surface area contributed by atoms with E-state index in [4.69, 9.17) is 0 Å². The Morgan fingerprint density at radius 3 is 2.87 bits per heavy atom. The molecule has 2 aromatic heterocycles. The van der Waals surface area contributed by atoms with Crippen LogP contribution < -0.4 is 5.32 Å². The number of amides is 1. The third-order valence-corrected chi connectivity index (χ3v) is 3.89. The molecular weight excluding hydrogens is 288 g/mol. The van der Waals surface area contributed by atoms with Gasteiger partial charge in [-0.3, -0.25) is 9.20 Å². The maximum Gasteiger partial charge on any atom is 0.255 e. The molecule has 0 radical (unpaired) electrons. The lowest BCUT2D eigenvalue weighted by atomic mass is 10.0. The van der Waals surface area contributed by atoms with Gasteiger partial charge >= 0.3 is 0 Å². The number of aromatic nitrogens is 3. The van der Waals surface area contributed by atoms with E-state index in [1.54, 1.807) is 16.8 Å². The number of carbonyl (C=O) groups is 1. The molecule has 0 saturated carbocycles. The number of carbonyl (C=O) groups excluding carboxylic acids is 1. The van der Waals surface area contributed by atoms with Gasteiger partial charge in [0.2, 0.25) is 0 Å². The number of pyridine rings is 1. The van der Waals surface area contributed by atoms with Crippen LogP contribution >= 0.6 is 0 Å². The first-order chi connectivity index (χ1) is 11.3. The van der Waals surface area contributed by atoms with Crippen molar-refractivity contribution in [2.45, 2.75) is 6.54 Å². The van der Waals surface area contributed by atoms with E-state index in [0.717, 1.165) is 10.9 Å². The molecule has 0 saturated heterocycles. The number of rotatable bonds is 3. The Hall–Kier alpha value is -3.21. The van der Waals surface area contributed by atoms with E-state index in [1.807, 2.05) is 36.5 Å². The molecule has 1 N–H and O–H groups in total. The molecule has 0 spiro atoms. The van der Waals surface area contributed by atoms with E-state index >= 15 is 0 Å². The normalized spacial score (nSPS) is 11.0. The molecule has 1 amide bonds. The van der Waals surface area contributed by atoms with Crippen molar-refractivity contribution in [1.82, 2.24) is 19.9 Å². The molecule has 0 aliphatic rings. The maximum atomic E-state index is 12.5. The van der Waals surface area contributed by atoms with Crippen LogP contribution in [0.3, 0.4) is 0 Å². The van der Waals surface area contributed by atoms with Crippen molar-refractivity contribution in [1.29, 1.82) is 0 Å². The van der Waals surface area contributed by atoms with Gasteiger partial charge in [-0.1, -0.05) is 42.5 Å². The van der Waals surface area contributed by atoms with Crippen molar-refractivity contribution < 1.29 is 4.79 Å². The predicted octanol–water partition coefficient (Wildman–Crippen LogP) is 2.81. The Labute approximate surface area is 132 Å². The first-order valence-corrected chi connectivity index (χ1v) is 7.36. The molecule has 2 aromatic carbocycles. The van der Waals surface area contributed by atoms with Gasteiger partial charge in [-0.25, -0.2) is 0 Å². The zero-order chi connectivity index (χ0) is 15.6. The minimum atomic E-state index is -0.156. The van der Waals surface area contributed by atoms with Crippen LogP contribution in [0.25, 0.3) is 16.4 Å². The third-order valence-electron chi connectivity index (χ3n) is 3.89. The molecular formula is C18H14N4O. The summed E-state index contributed by atoms with van der Waals surface area (Å²) in [5, 5.41) is 13.1. The highest BCUT2D eigenvalue weighted by Crippen LogP contribution is 2.18. The van der Waals surface area contributed by atoms with Crippen LogP contribution in [0.15, 0.2) is 67.1 Å². The summed E-state index contributed by atoms with van der Waals surface area (Å²) < 4.78 is 1.73. The standard InChI is InChI=1S/C18H14N4O/c23-18(16-9-4-10-22-12-20-21-17(16)22)19-11-14-7-3-6-13-5-1-2-8-15(13)14/h1-10,12H,11H2,(H,19,23). The van der Waals surface area contributed by atoms with Crippen LogP contribution in [-0.2, 0) is 6.54 Å². The Bertz CT molecular complexity index is 1000. The molecule has 0 bridgehead atoms. The topological polar surface area (TPSA) is 59.3 Å². The molecule has 0 atom stereocenters. The number of fused-ring (bicyclic) bond motifs is 2. The molecule has 112 valence electrons. The van der Waals surface area contributed by atoms with Crippen LogP contribution in [0, 0.1) is 0 Å². The van der Waals surface area contributed by atoms with E-state index in [0.29, 0.717) is 17.8 Å². The van der Waals surface area contributed by atoms with E-state index < -0.39 is 0 Å². The van der Waals surface area contributed by atoms with Gasteiger partial charge in [0.05, 0.1) is 5.56 Å². The Kier molecular flexibility index (Phi) is 3.24. The molecule has 0 aliphatic heterocycles. The van der Waals surface area contributed by atoms with Crippen LogP contribution in [0.1, 0.15) is 15.9 Å². The minimum absolute atomic E-state index is 0.156. The molecule has 0 fully saturated rings. The molecule has 4 rings (SSSR count). The van der Waals surface area contributed by atoms with Crippen molar-refractivity contribution in [3.05, 3.63) is 78.2 Å². The molecule has 5 nitrogen and oxygen atoms in total. The van der Waals surface area contributed by atoms with E-state index in [9.17, 15) is 4.79 Å². The average Bonchev–Trinajstić information content (AvgIpc) is 3.08. The average molecular weight is 302 g/mol. The zero-order valence-corrected chi connectivity index (χ0v) is 12.3. The van der Waals surface area contributed by atoms with E-state index in [2.05, 4.69) is 33.7 Å². The Morgan fingerprint density at radius 1 is 1.04 bits per heavy atom. The minimum Gasteiger partial charge on any atom is -0.348 e. The second kappa shape index (κ2) is 5.53. The van der Waals surface area contributed by atoms with Crippen LogP contribution in [-0.4, -0.2) is 20.5 Å². The Morgan fingerprint density at radius 2 is 1.91 bits per heavy atom. The van der Waals surface area contributed by atoms with Crippen molar-refractivity contribution in [3.8, 4) is 0 Å². The van der Waals surface area contributed by atoms with Gasteiger partial charge in [0.25, 0.3) is 5.91 Å². The lowest BCUT2D eigenvalue weighted by molar-refractivity contribution is 0.0952. The first kappa shape index (κ1) is 13.5. The quantitative estimate of drug-likeness (QED) is 0.633. The zero-order valence-electron chi connectivity index (χ0n) is 12.3. The van der Waals surface area contributed by atoms with Gasteiger partial charge in [0.1, 0.15) is 6.33 Å². The van der Waals surface area contributed by atoms with E-state index in [-0.39, 0.29) is 5.91 Å². The molecule has 0 unspecified atom stereocenters. The number of nitrogens with zero attached hydrogens (tertiary/aromatic N) is 3. The summed E-state index contributed by atoms with van der Waals surface area (Å²) >= 11 is 0. The molecule has 5 heteroatoms. The van der Waals surface area contributed by atoms with Crippen molar-refractivity contribution in [3.63, 3.8) is 0 Å². The van der Waals surface area contributed by atoms with Crippen LogP contribution in [0.5, 0.6) is 0 Å². The predicted molar refractivity (Wildman–Crippen MR) is 88.1 cm³/mol. The van der Waals surface area contributed by atoms with E-state index in [1.165, 1.54) is 5.39 Å². The summed E-state index contributed by atoms with van der Waals surface area (Å²) in [6, 6.07) is 17.8. The fourth-order valence-corrected chi connectivity index (χ4v) is 2.75. The maximum absolute atomic E-state index is 12.5. The summed E-state index contributed by atoms with van der Waals surface area (Å²) in [6.07, 6.45) is 3.40. The van der Waals surface area contributed by atoms with Crippen molar-refractivity contribution >= 4 is 22.3 Å². The van der Waals surface area contributed by atoms with Gasteiger partial charge in [0.15, 0.2) is 5.65 Å². The smallest absolute Gasteiger partial charge is 0.255 e. The first-order valence-electron chi connectivity index (χ1n) is 7.36. The molecule has 0 aliphatic carbocycles. The Balaban J connectivity index is 1.61. The SMILES string of the molecule is O=C(NCc1cccc2ccccc12)c1cccn2cnnc12. The summed E-state index contributed by atoms with van der Waals surface area (Å²) in [7, 11) is 0. The number of hydrogen-bond donors (Lipinski definition) is 1. The highest BCUT2D eigenvalue weighted by molar-refractivity contribution is 5.99. The molecule has 23 heavy (non-hydrogen) atoms. The number of hydrogen-bond acceptors (Lipinski definition) is 3. The number of benzene rings is 2. The lowest BCUT2D eigenvalue weighted by Crippen LogP contribution is -2.23. The van der Waals surface area contributed by atoms with Crippen molar-refractivity contribution in [2.24, 2.45) is 0 Å². The van der Waals surface area contributed by atoms with Crippen molar-refractivity contribution in [2.75, 3.05) is 0 Å².